The molecule has 0 bridgehead atoms. The average Bonchev–Trinajstić information content (AvgIpc) is 3.16. The number of aliphatic hydroxyl groups is 4. The second-order valence-corrected chi connectivity index (χ2v) is 12.7. The van der Waals surface area contributed by atoms with Crippen LogP contribution in [0, 0.1) is 0 Å². The summed E-state index contributed by atoms with van der Waals surface area (Å²) in [6, 6.07) is 12.6. The van der Waals surface area contributed by atoms with E-state index in [1.807, 2.05) is 0 Å². The van der Waals surface area contributed by atoms with Crippen molar-refractivity contribution in [2.75, 3.05) is 7.11 Å². The van der Waals surface area contributed by atoms with Crippen molar-refractivity contribution in [2.24, 2.45) is 0 Å². The van der Waals surface area contributed by atoms with Crippen LogP contribution in [-0.4, -0.2) is 132 Å². The van der Waals surface area contributed by atoms with E-state index in [0.717, 1.165) is 24.3 Å². The van der Waals surface area contributed by atoms with E-state index in [4.69, 9.17) is 32.8 Å². The Morgan fingerprint density at radius 3 is 2.00 bits per heavy atom. The van der Waals surface area contributed by atoms with Crippen LogP contribution in [0.1, 0.15) is 5.56 Å². The smallest absolute Gasteiger partial charge is 0.335 e. The summed E-state index contributed by atoms with van der Waals surface area (Å²) >= 11 is 0. The second-order valence-electron chi connectivity index (χ2n) is 12.7. The van der Waals surface area contributed by atoms with Gasteiger partial charge in [-0.3, -0.25) is 4.79 Å². The number of aliphatic hydroxyl groups excluding tert-OH is 4. The number of aromatic hydroxyl groups is 3. The van der Waals surface area contributed by atoms with E-state index in [2.05, 4.69) is 0 Å². The summed E-state index contributed by atoms with van der Waals surface area (Å²) in [6.45, 7) is 0. The molecule has 302 valence electrons. The SMILES string of the molecule is COc1cc(/C=C/C(=O)O[C@@H]2C(O[C@@H]3[C@@H](Oc4ccc(-c5cc(=O)c6c(O)cc(O)cc6o5)cc4)O[C@@H](C(=O)O)[C@H](O)[C@H]3O)O[C@@H](C(=O)O)[C@H](O)[C@H]2O)ccc1O. The number of ether oxygens (including phenoxy) is 6. The molecule has 2 aliphatic rings. The Labute approximate surface area is 319 Å². The third kappa shape index (κ3) is 8.46. The molecule has 57 heavy (non-hydrogen) atoms. The first kappa shape index (κ1) is 40.4. The van der Waals surface area contributed by atoms with E-state index in [-0.39, 0.29) is 45.3 Å². The minimum Gasteiger partial charge on any atom is -0.508 e. The highest BCUT2D eigenvalue weighted by Crippen LogP contribution is 2.34. The molecule has 20 nitrogen and oxygen atoms in total. The number of carboxylic acid groups (broad SMARTS) is 2. The monoisotopic (exact) mass is 798 g/mol. The van der Waals surface area contributed by atoms with Gasteiger partial charge in [-0.15, -0.1) is 0 Å². The average molecular weight is 799 g/mol. The lowest BCUT2D eigenvalue weighted by Gasteiger charge is -2.45. The fourth-order valence-corrected chi connectivity index (χ4v) is 6.08. The van der Waals surface area contributed by atoms with Gasteiger partial charge >= 0.3 is 17.9 Å². The standard InChI is InChI=1S/C37H34O20/c1-51-22-10-14(2-8-18(22)39)3-9-24(42)54-32-28(45)26(43)31(35(49)50)56-37(32)57-33-29(46)27(44)30(34(47)48)55-36(33)52-17-6-4-15(5-7-17)21-13-20(41)25-19(40)11-16(38)12-23(25)53-21/h2-13,26-33,36-40,43-46H,1H3,(H,47,48)(H,49,50)/b9-3+/t26-,27-,28-,29-,30-,31-,32+,33+,36+,37?/m1/s1. The maximum atomic E-state index is 12.9. The van der Waals surface area contributed by atoms with Gasteiger partial charge < -0.3 is 78.8 Å². The van der Waals surface area contributed by atoms with Crippen molar-refractivity contribution < 1.29 is 93.2 Å². The number of aliphatic carboxylic acids is 2. The van der Waals surface area contributed by atoms with Gasteiger partial charge in [0.25, 0.3) is 0 Å². The third-order valence-corrected chi connectivity index (χ3v) is 8.92. The molecule has 1 unspecified atom stereocenters. The molecular formula is C37H34O20. The van der Waals surface area contributed by atoms with E-state index in [9.17, 15) is 65.1 Å². The summed E-state index contributed by atoms with van der Waals surface area (Å²) in [5, 5.41) is 92.2. The van der Waals surface area contributed by atoms with Crippen molar-refractivity contribution >= 4 is 35.0 Å². The van der Waals surface area contributed by atoms with E-state index in [1.54, 1.807) is 0 Å². The molecule has 4 aromatic rings. The zero-order valence-corrected chi connectivity index (χ0v) is 29.2. The van der Waals surface area contributed by atoms with Crippen LogP contribution >= 0.6 is 0 Å². The number of carbonyl (C=O) groups excluding carboxylic acids is 1. The number of esters is 1. The summed E-state index contributed by atoms with van der Waals surface area (Å²) in [7, 11) is 1.30. The molecule has 0 aliphatic carbocycles. The molecule has 2 fully saturated rings. The van der Waals surface area contributed by atoms with Gasteiger partial charge in [0.2, 0.25) is 6.29 Å². The lowest BCUT2D eigenvalue weighted by molar-refractivity contribution is -0.350. The van der Waals surface area contributed by atoms with Crippen molar-refractivity contribution in [1.29, 1.82) is 0 Å². The van der Waals surface area contributed by atoms with Crippen LogP contribution in [0.4, 0.5) is 0 Å². The quantitative estimate of drug-likeness (QED) is 0.0714. The van der Waals surface area contributed by atoms with Crippen LogP contribution in [0.15, 0.2) is 76.0 Å². The number of hydrogen-bond donors (Lipinski definition) is 9. The van der Waals surface area contributed by atoms with Gasteiger partial charge in [0.05, 0.1) is 7.11 Å². The summed E-state index contributed by atoms with van der Waals surface area (Å²) in [5.41, 5.74) is -0.117. The van der Waals surface area contributed by atoms with Crippen molar-refractivity contribution in [3.8, 4) is 40.1 Å². The van der Waals surface area contributed by atoms with Crippen LogP contribution < -0.4 is 14.9 Å². The molecule has 3 heterocycles. The first-order chi connectivity index (χ1) is 27.1. The topological polar surface area (TPSA) is 319 Å². The van der Waals surface area contributed by atoms with Gasteiger partial charge in [-0.05, 0) is 48.0 Å². The Bertz CT molecular complexity index is 2230. The predicted molar refractivity (Wildman–Crippen MR) is 187 cm³/mol. The van der Waals surface area contributed by atoms with E-state index >= 15 is 0 Å². The van der Waals surface area contributed by atoms with Crippen LogP contribution in [0.25, 0.3) is 28.4 Å². The summed E-state index contributed by atoms with van der Waals surface area (Å²) in [6.07, 6.45) is -19.0. The Morgan fingerprint density at radius 2 is 1.37 bits per heavy atom. The highest BCUT2D eigenvalue weighted by molar-refractivity contribution is 5.87. The zero-order chi connectivity index (χ0) is 41.3. The normalized spacial score (nSPS) is 27.5. The molecule has 6 rings (SSSR count). The van der Waals surface area contributed by atoms with Crippen molar-refractivity contribution in [1.82, 2.24) is 0 Å². The van der Waals surface area contributed by atoms with E-state index in [1.165, 1.54) is 55.7 Å². The molecule has 0 amide bonds. The highest BCUT2D eigenvalue weighted by Gasteiger charge is 2.55. The van der Waals surface area contributed by atoms with Crippen LogP contribution in [-0.2, 0) is 33.3 Å². The fraction of sp³-hybridized carbons (Fsp3) is 0.297. The number of methoxy groups -OCH3 is 1. The predicted octanol–water partition coefficient (Wildman–Crippen LogP) is 0.0372. The van der Waals surface area contributed by atoms with Crippen LogP contribution in [0.2, 0.25) is 0 Å². The van der Waals surface area contributed by atoms with Crippen molar-refractivity contribution in [2.45, 2.75) is 61.4 Å². The lowest BCUT2D eigenvalue weighted by atomic mass is 9.96. The van der Waals surface area contributed by atoms with E-state index < -0.39 is 90.5 Å². The molecule has 2 saturated heterocycles. The second kappa shape index (κ2) is 16.5. The Morgan fingerprint density at radius 1 is 0.737 bits per heavy atom. The number of benzene rings is 3. The number of carbonyl (C=O) groups is 3. The molecule has 0 radical (unpaired) electrons. The highest BCUT2D eigenvalue weighted by atomic mass is 16.8. The Balaban J connectivity index is 1.27. The first-order valence-corrected chi connectivity index (χ1v) is 16.7. The minimum absolute atomic E-state index is 0.00469. The number of phenolic OH excluding ortho intramolecular Hbond substituents is 3. The molecule has 10 atom stereocenters. The van der Waals surface area contributed by atoms with Gasteiger partial charge in [-0.25, -0.2) is 14.4 Å². The largest absolute Gasteiger partial charge is 0.508 e. The molecule has 0 saturated carbocycles. The summed E-state index contributed by atoms with van der Waals surface area (Å²) < 4.78 is 38.4. The Hall–Kier alpha value is -6.26. The molecule has 2 aliphatic heterocycles. The number of carboxylic acids is 2. The number of fused-ring (bicyclic) bond motifs is 1. The minimum atomic E-state index is -2.19. The molecule has 3 aromatic carbocycles. The number of hydrogen-bond acceptors (Lipinski definition) is 18. The van der Waals surface area contributed by atoms with Gasteiger partial charge in [0.15, 0.2) is 47.6 Å². The van der Waals surface area contributed by atoms with E-state index in [0.29, 0.717) is 5.56 Å². The van der Waals surface area contributed by atoms with Crippen LogP contribution in [0.3, 0.4) is 0 Å². The van der Waals surface area contributed by atoms with Gasteiger partial charge in [0.1, 0.15) is 58.4 Å². The van der Waals surface area contributed by atoms with Gasteiger partial charge in [-0.1, -0.05) is 6.07 Å². The van der Waals surface area contributed by atoms with Gasteiger partial charge in [0, 0.05) is 29.8 Å². The third-order valence-electron chi connectivity index (χ3n) is 8.92. The van der Waals surface area contributed by atoms with Crippen molar-refractivity contribution in [3.63, 3.8) is 0 Å². The number of rotatable bonds is 11. The fourth-order valence-electron chi connectivity index (χ4n) is 6.08. The summed E-state index contributed by atoms with van der Waals surface area (Å²) in [4.78, 5) is 49.6. The maximum Gasteiger partial charge on any atom is 0.335 e. The molecule has 0 spiro atoms. The molecule has 9 N–H and O–H groups in total. The Kier molecular flexibility index (Phi) is 11.7. The molecule has 1 aromatic heterocycles. The number of phenols is 3. The van der Waals surface area contributed by atoms with Crippen molar-refractivity contribution in [3.05, 3.63) is 82.5 Å². The molecule has 20 heteroatoms. The van der Waals surface area contributed by atoms with Crippen LogP contribution in [0.5, 0.6) is 28.7 Å². The lowest BCUT2D eigenvalue weighted by Crippen LogP contribution is -2.66. The zero-order valence-electron chi connectivity index (χ0n) is 29.2. The molecular weight excluding hydrogens is 764 g/mol. The van der Waals surface area contributed by atoms with Gasteiger partial charge in [-0.2, -0.15) is 0 Å². The first-order valence-electron chi connectivity index (χ1n) is 16.7. The summed E-state index contributed by atoms with van der Waals surface area (Å²) in [5.74, 6) is -5.75. The maximum absolute atomic E-state index is 12.9.